The minimum atomic E-state index is -0.0130. The van der Waals surface area contributed by atoms with E-state index in [1.807, 2.05) is 6.07 Å². The first-order valence-electron chi connectivity index (χ1n) is 6.90. The van der Waals surface area contributed by atoms with E-state index >= 15 is 0 Å². The van der Waals surface area contributed by atoms with Crippen LogP contribution in [0.5, 0.6) is 0 Å². The van der Waals surface area contributed by atoms with E-state index in [-0.39, 0.29) is 24.4 Å². The molecule has 0 aromatic heterocycles. The highest BCUT2D eigenvalue weighted by atomic mass is 35.5. The van der Waals surface area contributed by atoms with Crippen LogP contribution in [0.4, 0.5) is 5.69 Å². The number of halogens is 1. The molecular formula is C15H23ClN2O. The van der Waals surface area contributed by atoms with Crippen molar-refractivity contribution in [2.75, 3.05) is 11.9 Å². The topological polar surface area (TPSA) is 41.1 Å². The van der Waals surface area contributed by atoms with Gasteiger partial charge in [0.2, 0.25) is 5.91 Å². The number of hydrogen-bond donors (Lipinski definition) is 2. The lowest BCUT2D eigenvalue weighted by Crippen LogP contribution is -2.35. The number of benzene rings is 1. The molecule has 1 aliphatic heterocycles. The summed E-state index contributed by atoms with van der Waals surface area (Å²) in [7, 11) is 0. The van der Waals surface area contributed by atoms with E-state index < -0.39 is 0 Å². The summed E-state index contributed by atoms with van der Waals surface area (Å²) in [6, 6.07) is 6.22. The summed E-state index contributed by atoms with van der Waals surface area (Å²) in [4.78, 5) is 12.0. The van der Waals surface area contributed by atoms with Gasteiger partial charge in [-0.3, -0.25) is 4.79 Å². The van der Waals surface area contributed by atoms with Crippen LogP contribution in [-0.4, -0.2) is 18.5 Å². The second kappa shape index (κ2) is 7.51. The predicted molar refractivity (Wildman–Crippen MR) is 82.1 cm³/mol. The Morgan fingerprint density at radius 3 is 2.63 bits per heavy atom. The number of carbonyl (C=O) groups excluding carboxylic acids is 1. The standard InChI is InChI=1S/C15H22N2O.ClH/c1-3-11-7-8-13(10-12(11)4-2)17-15(18)14-6-5-9-16-14;/h7-8,10,14,16H,3-6,9H2,1-2H3,(H,17,18);1H. The molecule has 0 radical (unpaired) electrons. The molecule has 1 saturated heterocycles. The van der Waals surface area contributed by atoms with Gasteiger partial charge in [-0.15, -0.1) is 12.4 Å². The number of hydrogen-bond acceptors (Lipinski definition) is 2. The summed E-state index contributed by atoms with van der Waals surface area (Å²) in [5.74, 6) is 0.0961. The molecule has 0 bridgehead atoms. The largest absolute Gasteiger partial charge is 0.325 e. The SMILES string of the molecule is CCc1ccc(NC(=O)C2CCCN2)cc1CC.Cl. The maximum Gasteiger partial charge on any atom is 0.241 e. The lowest BCUT2D eigenvalue weighted by atomic mass is 10.0. The van der Waals surface area contributed by atoms with Gasteiger partial charge in [0.25, 0.3) is 0 Å². The van der Waals surface area contributed by atoms with E-state index in [9.17, 15) is 4.79 Å². The fraction of sp³-hybridized carbons (Fsp3) is 0.533. The normalized spacial score (nSPS) is 17.9. The third-order valence-electron chi connectivity index (χ3n) is 3.61. The molecule has 0 saturated carbocycles. The van der Waals surface area contributed by atoms with Gasteiger partial charge in [-0.2, -0.15) is 0 Å². The lowest BCUT2D eigenvalue weighted by molar-refractivity contribution is -0.117. The number of aryl methyl sites for hydroxylation is 2. The summed E-state index contributed by atoms with van der Waals surface area (Å²) in [5, 5.41) is 6.22. The molecule has 3 nitrogen and oxygen atoms in total. The Morgan fingerprint density at radius 1 is 1.32 bits per heavy atom. The van der Waals surface area contributed by atoms with Crippen molar-refractivity contribution in [1.29, 1.82) is 0 Å². The summed E-state index contributed by atoms with van der Waals surface area (Å²) < 4.78 is 0. The highest BCUT2D eigenvalue weighted by Crippen LogP contribution is 2.18. The molecule has 1 unspecified atom stereocenters. The number of rotatable bonds is 4. The monoisotopic (exact) mass is 282 g/mol. The van der Waals surface area contributed by atoms with Gasteiger partial charge in [-0.25, -0.2) is 0 Å². The van der Waals surface area contributed by atoms with Gasteiger partial charge in [0.15, 0.2) is 0 Å². The van der Waals surface area contributed by atoms with Crippen molar-refractivity contribution in [2.24, 2.45) is 0 Å². The average Bonchev–Trinajstić information content (AvgIpc) is 2.92. The third-order valence-corrected chi connectivity index (χ3v) is 3.61. The van der Waals surface area contributed by atoms with Crippen LogP contribution in [0.25, 0.3) is 0 Å². The van der Waals surface area contributed by atoms with Crippen LogP contribution in [-0.2, 0) is 17.6 Å². The fourth-order valence-electron chi connectivity index (χ4n) is 2.52. The van der Waals surface area contributed by atoms with Crippen LogP contribution in [0.1, 0.15) is 37.8 Å². The summed E-state index contributed by atoms with van der Waals surface area (Å²) in [5.41, 5.74) is 3.62. The van der Waals surface area contributed by atoms with Crippen LogP contribution >= 0.6 is 12.4 Å². The van der Waals surface area contributed by atoms with E-state index in [1.54, 1.807) is 0 Å². The molecule has 1 aliphatic rings. The smallest absolute Gasteiger partial charge is 0.241 e. The molecule has 1 aromatic carbocycles. The molecule has 0 spiro atoms. The van der Waals surface area contributed by atoms with Gasteiger partial charge in [0, 0.05) is 5.69 Å². The van der Waals surface area contributed by atoms with Crippen molar-refractivity contribution >= 4 is 24.0 Å². The first-order valence-corrected chi connectivity index (χ1v) is 6.90. The maximum absolute atomic E-state index is 12.0. The fourth-order valence-corrected chi connectivity index (χ4v) is 2.52. The Hall–Kier alpha value is -1.06. The van der Waals surface area contributed by atoms with Crippen molar-refractivity contribution in [3.8, 4) is 0 Å². The van der Waals surface area contributed by atoms with Crippen molar-refractivity contribution in [3.05, 3.63) is 29.3 Å². The molecule has 2 N–H and O–H groups in total. The Balaban J connectivity index is 0.00000180. The number of amides is 1. The first-order chi connectivity index (χ1) is 8.74. The van der Waals surface area contributed by atoms with Gasteiger partial charge in [-0.05, 0) is 55.5 Å². The number of anilines is 1. The number of nitrogens with one attached hydrogen (secondary N) is 2. The van der Waals surface area contributed by atoms with Crippen LogP contribution in [0.2, 0.25) is 0 Å². The molecule has 19 heavy (non-hydrogen) atoms. The molecule has 1 atom stereocenters. The van der Waals surface area contributed by atoms with Gasteiger partial charge in [-0.1, -0.05) is 19.9 Å². The highest BCUT2D eigenvalue weighted by Gasteiger charge is 2.21. The van der Waals surface area contributed by atoms with Crippen molar-refractivity contribution in [1.82, 2.24) is 5.32 Å². The van der Waals surface area contributed by atoms with Crippen molar-refractivity contribution < 1.29 is 4.79 Å². The summed E-state index contributed by atoms with van der Waals surface area (Å²) in [6.07, 6.45) is 4.09. The molecule has 2 rings (SSSR count). The zero-order valence-electron chi connectivity index (χ0n) is 11.7. The summed E-state index contributed by atoms with van der Waals surface area (Å²) >= 11 is 0. The molecule has 0 aliphatic carbocycles. The van der Waals surface area contributed by atoms with E-state index in [4.69, 9.17) is 0 Å². The van der Waals surface area contributed by atoms with E-state index in [0.29, 0.717) is 0 Å². The Kier molecular flexibility index (Phi) is 6.32. The summed E-state index contributed by atoms with van der Waals surface area (Å²) in [6.45, 7) is 5.26. The predicted octanol–water partition coefficient (Wildman–Crippen LogP) is 2.92. The highest BCUT2D eigenvalue weighted by molar-refractivity contribution is 5.95. The van der Waals surface area contributed by atoms with Gasteiger partial charge in [0.1, 0.15) is 0 Å². The second-order valence-electron chi connectivity index (χ2n) is 4.83. The average molecular weight is 283 g/mol. The molecule has 106 valence electrons. The van der Waals surface area contributed by atoms with Gasteiger partial charge < -0.3 is 10.6 Å². The van der Waals surface area contributed by atoms with E-state index in [2.05, 4.69) is 36.6 Å². The van der Waals surface area contributed by atoms with Crippen LogP contribution in [0, 0.1) is 0 Å². The van der Waals surface area contributed by atoms with E-state index in [1.165, 1.54) is 11.1 Å². The maximum atomic E-state index is 12.0. The molecule has 1 aromatic rings. The molecular weight excluding hydrogens is 260 g/mol. The Morgan fingerprint density at radius 2 is 2.05 bits per heavy atom. The molecule has 1 heterocycles. The number of carbonyl (C=O) groups is 1. The second-order valence-corrected chi connectivity index (χ2v) is 4.83. The van der Waals surface area contributed by atoms with Crippen LogP contribution in [0.15, 0.2) is 18.2 Å². The Labute approximate surface area is 121 Å². The van der Waals surface area contributed by atoms with Crippen LogP contribution in [0.3, 0.4) is 0 Å². The molecule has 1 fully saturated rings. The lowest BCUT2D eigenvalue weighted by Gasteiger charge is -2.13. The molecule has 1 amide bonds. The Bertz CT molecular complexity index is 428. The minimum absolute atomic E-state index is 0. The third kappa shape index (κ3) is 3.95. The zero-order chi connectivity index (χ0) is 13.0. The van der Waals surface area contributed by atoms with Crippen LogP contribution < -0.4 is 10.6 Å². The molecule has 4 heteroatoms. The quantitative estimate of drug-likeness (QED) is 0.891. The van der Waals surface area contributed by atoms with E-state index in [0.717, 1.165) is 37.9 Å². The first kappa shape index (κ1) is 16.0. The van der Waals surface area contributed by atoms with Crippen molar-refractivity contribution in [3.63, 3.8) is 0 Å². The van der Waals surface area contributed by atoms with Gasteiger partial charge >= 0.3 is 0 Å². The minimum Gasteiger partial charge on any atom is -0.325 e. The zero-order valence-corrected chi connectivity index (χ0v) is 12.5. The van der Waals surface area contributed by atoms with Crippen molar-refractivity contribution in [2.45, 2.75) is 45.6 Å². The van der Waals surface area contributed by atoms with Gasteiger partial charge in [0.05, 0.1) is 6.04 Å².